The molecule has 0 amide bonds. The molecular formula is C11H23NOTm. The van der Waals surface area contributed by atoms with Gasteiger partial charge in [0.15, 0.2) is 0 Å². The standard InChI is InChI=1S/C11H23NO.Tm/c1-6-8-11(13,7-2)10(5)12-9(3)4;/h9,13H,6-8H2,1-5H3;. The molecule has 0 heterocycles. The molecule has 0 saturated heterocycles. The number of hydrogen-bond donors (Lipinski definition) is 1. The van der Waals surface area contributed by atoms with Gasteiger partial charge in [0.1, 0.15) is 5.60 Å². The SMILES string of the molecule is CCCC(O)(CC)C(C)=NC(C)C.[Tm]. The Balaban J connectivity index is 0. The fourth-order valence-electron chi connectivity index (χ4n) is 1.53. The summed E-state index contributed by atoms with van der Waals surface area (Å²) in [6.07, 6.45) is 2.56. The van der Waals surface area contributed by atoms with Crippen LogP contribution < -0.4 is 0 Å². The summed E-state index contributed by atoms with van der Waals surface area (Å²) in [5.41, 5.74) is 0.214. The van der Waals surface area contributed by atoms with Gasteiger partial charge in [-0.15, -0.1) is 0 Å². The van der Waals surface area contributed by atoms with E-state index in [4.69, 9.17) is 0 Å². The second-order valence-electron chi connectivity index (χ2n) is 3.94. The van der Waals surface area contributed by atoms with Gasteiger partial charge in [-0.05, 0) is 33.6 Å². The predicted octanol–water partition coefficient (Wildman–Crippen LogP) is 2.80. The van der Waals surface area contributed by atoms with Gasteiger partial charge in [-0.3, -0.25) is 4.99 Å². The van der Waals surface area contributed by atoms with Crippen molar-refractivity contribution < 1.29 is 42.0 Å². The fraction of sp³-hybridized carbons (Fsp3) is 0.909. The average Bonchev–Trinajstić information content (AvgIpc) is 2.03. The van der Waals surface area contributed by atoms with Gasteiger partial charge in [0, 0.05) is 48.6 Å². The molecule has 1 N–H and O–H groups in total. The average molecular weight is 354 g/mol. The third-order valence-corrected chi connectivity index (χ3v) is 2.37. The van der Waals surface area contributed by atoms with Gasteiger partial charge in [-0.1, -0.05) is 20.3 Å². The zero-order valence-electron chi connectivity index (χ0n) is 9.87. The maximum Gasteiger partial charge on any atom is 0.102 e. The molecule has 3 heteroatoms. The van der Waals surface area contributed by atoms with Crippen LogP contribution in [0, 0.1) is 36.9 Å². The van der Waals surface area contributed by atoms with E-state index >= 15 is 0 Å². The van der Waals surface area contributed by atoms with Crippen LogP contribution in [-0.4, -0.2) is 22.5 Å². The summed E-state index contributed by atoms with van der Waals surface area (Å²) in [7, 11) is 0. The summed E-state index contributed by atoms with van der Waals surface area (Å²) in [6.45, 7) is 10.1. The number of nitrogens with zero attached hydrogens (tertiary/aromatic N) is 1. The first-order chi connectivity index (χ1) is 5.96. The summed E-state index contributed by atoms with van der Waals surface area (Å²) in [6, 6.07) is 0.273. The zero-order chi connectivity index (χ0) is 10.5. The van der Waals surface area contributed by atoms with Crippen LogP contribution in [-0.2, 0) is 0 Å². The van der Waals surface area contributed by atoms with E-state index in [9.17, 15) is 5.11 Å². The summed E-state index contributed by atoms with van der Waals surface area (Å²) in [4.78, 5) is 4.41. The molecule has 91 valence electrons. The third kappa shape index (κ3) is 5.67. The van der Waals surface area contributed by atoms with Crippen molar-refractivity contribution in [3.8, 4) is 0 Å². The molecule has 0 aliphatic carbocycles. The van der Waals surface area contributed by atoms with Crippen molar-refractivity contribution in [2.45, 2.75) is 65.5 Å². The van der Waals surface area contributed by atoms with Crippen molar-refractivity contribution in [1.82, 2.24) is 0 Å². The van der Waals surface area contributed by atoms with Gasteiger partial charge in [0.05, 0.1) is 0 Å². The minimum Gasteiger partial charge on any atom is -0.384 e. The summed E-state index contributed by atoms with van der Waals surface area (Å²) < 4.78 is 0. The van der Waals surface area contributed by atoms with Crippen molar-refractivity contribution in [1.29, 1.82) is 0 Å². The monoisotopic (exact) mass is 354 g/mol. The van der Waals surface area contributed by atoms with Gasteiger partial charge >= 0.3 is 0 Å². The maximum atomic E-state index is 10.2. The fourth-order valence-corrected chi connectivity index (χ4v) is 1.53. The first kappa shape index (κ1) is 17.3. The molecule has 0 spiro atoms. The molecule has 0 saturated carbocycles. The minimum atomic E-state index is -0.668. The molecule has 0 fully saturated rings. The summed E-state index contributed by atoms with van der Waals surface area (Å²) >= 11 is 0. The van der Waals surface area contributed by atoms with Crippen LogP contribution in [0.3, 0.4) is 0 Å². The van der Waals surface area contributed by atoms with Crippen LogP contribution >= 0.6 is 0 Å². The third-order valence-electron chi connectivity index (χ3n) is 2.37. The van der Waals surface area contributed by atoms with Crippen molar-refractivity contribution in [2.24, 2.45) is 4.99 Å². The molecule has 0 rings (SSSR count). The predicted molar refractivity (Wildman–Crippen MR) is 58.4 cm³/mol. The molecule has 1 radical (unpaired) electrons. The van der Waals surface area contributed by atoms with E-state index in [0.717, 1.165) is 25.0 Å². The Morgan fingerprint density at radius 1 is 1.36 bits per heavy atom. The summed E-state index contributed by atoms with van der Waals surface area (Å²) in [5, 5.41) is 10.2. The molecule has 0 aliphatic rings. The first-order valence-corrected chi connectivity index (χ1v) is 5.23. The Morgan fingerprint density at radius 3 is 2.14 bits per heavy atom. The second-order valence-corrected chi connectivity index (χ2v) is 3.94. The van der Waals surface area contributed by atoms with Crippen molar-refractivity contribution in [3.63, 3.8) is 0 Å². The van der Waals surface area contributed by atoms with Crippen LogP contribution in [0.25, 0.3) is 0 Å². The zero-order valence-corrected chi connectivity index (χ0v) is 11.6. The number of hydrogen-bond acceptors (Lipinski definition) is 2. The smallest absolute Gasteiger partial charge is 0.102 e. The van der Waals surface area contributed by atoms with Crippen LogP contribution in [0.4, 0.5) is 0 Å². The van der Waals surface area contributed by atoms with E-state index in [2.05, 4.69) is 11.9 Å². The Kier molecular flexibility index (Phi) is 9.95. The largest absolute Gasteiger partial charge is 0.384 e. The number of aliphatic hydroxyl groups is 1. The molecule has 0 aliphatic heterocycles. The molecule has 0 aromatic heterocycles. The van der Waals surface area contributed by atoms with Gasteiger partial charge in [-0.25, -0.2) is 0 Å². The number of rotatable bonds is 5. The van der Waals surface area contributed by atoms with Gasteiger partial charge < -0.3 is 5.11 Å². The first-order valence-electron chi connectivity index (χ1n) is 5.23. The Labute approximate surface area is 117 Å². The molecule has 1 atom stereocenters. The van der Waals surface area contributed by atoms with Gasteiger partial charge in [0.25, 0.3) is 0 Å². The van der Waals surface area contributed by atoms with E-state index in [1.165, 1.54) is 0 Å². The van der Waals surface area contributed by atoms with Gasteiger partial charge in [-0.2, -0.15) is 0 Å². The molecule has 0 bridgehead atoms. The van der Waals surface area contributed by atoms with Crippen molar-refractivity contribution >= 4 is 5.71 Å². The van der Waals surface area contributed by atoms with Crippen LogP contribution in [0.5, 0.6) is 0 Å². The van der Waals surface area contributed by atoms with Crippen molar-refractivity contribution in [3.05, 3.63) is 0 Å². The summed E-state index contributed by atoms with van der Waals surface area (Å²) in [5.74, 6) is 0. The van der Waals surface area contributed by atoms with Crippen LogP contribution in [0.2, 0.25) is 0 Å². The van der Waals surface area contributed by atoms with E-state index in [0.29, 0.717) is 0 Å². The quantitative estimate of drug-likeness (QED) is 0.757. The Morgan fingerprint density at radius 2 is 1.86 bits per heavy atom. The number of aliphatic imine (C=N–C) groups is 1. The van der Waals surface area contributed by atoms with Gasteiger partial charge in [0.2, 0.25) is 0 Å². The van der Waals surface area contributed by atoms with Crippen LogP contribution in [0.15, 0.2) is 4.99 Å². The Bertz CT molecular complexity index is 180. The van der Waals surface area contributed by atoms with E-state index in [1.54, 1.807) is 0 Å². The normalized spacial score (nSPS) is 16.4. The van der Waals surface area contributed by atoms with E-state index in [1.807, 2.05) is 27.7 Å². The minimum absolute atomic E-state index is 0. The molecule has 0 aromatic carbocycles. The molecule has 14 heavy (non-hydrogen) atoms. The molecule has 2 nitrogen and oxygen atoms in total. The molecule has 1 unspecified atom stereocenters. The Hall–Kier alpha value is 0.864. The topological polar surface area (TPSA) is 32.6 Å². The molecule has 0 aromatic rings. The van der Waals surface area contributed by atoms with Crippen LogP contribution in [0.1, 0.15) is 53.9 Å². The van der Waals surface area contributed by atoms with E-state index < -0.39 is 5.60 Å². The maximum absolute atomic E-state index is 10.2. The molecular weight excluding hydrogens is 331 g/mol. The van der Waals surface area contributed by atoms with Crippen molar-refractivity contribution in [2.75, 3.05) is 0 Å². The van der Waals surface area contributed by atoms with E-state index in [-0.39, 0.29) is 42.9 Å². The second kappa shape index (κ2) is 8.07.